The highest BCUT2D eigenvalue weighted by Crippen LogP contribution is 2.27. The van der Waals surface area contributed by atoms with Gasteiger partial charge < -0.3 is 4.90 Å². The number of anilines is 1. The van der Waals surface area contributed by atoms with Crippen LogP contribution < -0.4 is 4.90 Å². The minimum atomic E-state index is -0.427. The van der Waals surface area contributed by atoms with Crippen LogP contribution in [0.15, 0.2) is 18.3 Å². The lowest BCUT2D eigenvalue weighted by Gasteiger charge is -2.21. The molecule has 0 radical (unpaired) electrons. The molecular weight excluding hydrogens is 228 g/mol. The monoisotopic (exact) mass is 246 g/mol. The highest BCUT2D eigenvalue weighted by atomic mass is 16.6. The van der Waals surface area contributed by atoms with Crippen molar-refractivity contribution in [3.05, 3.63) is 45.1 Å². The Bertz CT molecular complexity index is 489. The Morgan fingerprint density at radius 1 is 1.22 bits per heavy atom. The zero-order valence-electron chi connectivity index (χ0n) is 10.8. The summed E-state index contributed by atoms with van der Waals surface area (Å²) in [4.78, 5) is 12.3. The van der Waals surface area contributed by atoms with Gasteiger partial charge in [0.25, 0.3) is 0 Å². The molecule has 1 aromatic rings. The molecule has 4 heteroatoms. The lowest BCUT2D eigenvalue weighted by molar-refractivity contribution is -0.400. The van der Waals surface area contributed by atoms with Crippen LogP contribution in [0.5, 0.6) is 0 Å². The van der Waals surface area contributed by atoms with Crippen LogP contribution in [0.2, 0.25) is 0 Å². The van der Waals surface area contributed by atoms with Crippen LogP contribution in [-0.4, -0.2) is 18.0 Å². The fraction of sp³-hybridized carbons (Fsp3) is 0.429. The normalized spacial score (nSPS) is 15.6. The van der Waals surface area contributed by atoms with E-state index in [9.17, 15) is 10.1 Å². The summed E-state index contributed by atoms with van der Waals surface area (Å²) in [5.41, 5.74) is 4.46. The van der Waals surface area contributed by atoms with E-state index in [-0.39, 0.29) is 0 Å². The highest BCUT2D eigenvalue weighted by Gasteiger charge is 2.15. The van der Waals surface area contributed by atoms with E-state index in [0.29, 0.717) is 0 Å². The van der Waals surface area contributed by atoms with Crippen LogP contribution in [0.3, 0.4) is 0 Å². The third-order valence-electron chi connectivity index (χ3n) is 3.41. The van der Waals surface area contributed by atoms with Crippen molar-refractivity contribution in [2.24, 2.45) is 0 Å². The number of nitrogens with zero attached hydrogens (tertiary/aromatic N) is 2. The van der Waals surface area contributed by atoms with E-state index in [1.807, 2.05) is 13.0 Å². The maximum atomic E-state index is 10.4. The van der Waals surface area contributed by atoms with Crippen molar-refractivity contribution in [3.63, 3.8) is 0 Å². The summed E-state index contributed by atoms with van der Waals surface area (Å²) in [7, 11) is 0. The van der Waals surface area contributed by atoms with Crippen LogP contribution in [0.1, 0.15) is 29.5 Å². The highest BCUT2D eigenvalue weighted by molar-refractivity contribution is 5.64. The third-order valence-corrected chi connectivity index (χ3v) is 3.41. The van der Waals surface area contributed by atoms with E-state index >= 15 is 0 Å². The number of aryl methyl sites for hydroxylation is 2. The average molecular weight is 246 g/mol. The van der Waals surface area contributed by atoms with E-state index in [4.69, 9.17) is 0 Å². The molecule has 2 rings (SSSR count). The van der Waals surface area contributed by atoms with Gasteiger partial charge in [-0.05, 0) is 55.5 Å². The van der Waals surface area contributed by atoms with Gasteiger partial charge in [-0.15, -0.1) is 0 Å². The molecule has 0 saturated carbocycles. The van der Waals surface area contributed by atoms with Crippen LogP contribution in [0, 0.1) is 24.0 Å². The molecule has 1 fully saturated rings. The number of hydrogen-bond acceptors (Lipinski definition) is 3. The van der Waals surface area contributed by atoms with Crippen molar-refractivity contribution >= 4 is 11.8 Å². The summed E-state index contributed by atoms with van der Waals surface area (Å²) in [6.07, 6.45) is 5.07. The number of benzene rings is 1. The van der Waals surface area contributed by atoms with E-state index in [1.54, 1.807) is 6.08 Å². The first-order chi connectivity index (χ1) is 8.58. The van der Waals surface area contributed by atoms with Crippen LogP contribution in [-0.2, 0) is 0 Å². The molecule has 0 bridgehead atoms. The molecule has 0 aromatic heterocycles. The van der Waals surface area contributed by atoms with Gasteiger partial charge in [0.1, 0.15) is 0 Å². The number of nitro groups is 1. The molecule has 0 spiro atoms. The molecule has 0 atom stereocenters. The van der Waals surface area contributed by atoms with E-state index in [2.05, 4.69) is 17.9 Å². The maximum Gasteiger partial charge on any atom is 0.235 e. The first-order valence-electron chi connectivity index (χ1n) is 6.26. The van der Waals surface area contributed by atoms with Crippen molar-refractivity contribution in [1.29, 1.82) is 0 Å². The van der Waals surface area contributed by atoms with Gasteiger partial charge in [-0.3, -0.25) is 10.1 Å². The maximum absolute atomic E-state index is 10.4. The van der Waals surface area contributed by atoms with Gasteiger partial charge in [-0.2, -0.15) is 0 Å². The van der Waals surface area contributed by atoms with Crippen molar-refractivity contribution in [2.75, 3.05) is 18.0 Å². The minimum absolute atomic E-state index is 0.427. The fourth-order valence-electron chi connectivity index (χ4n) is 2.44. The zero-order chi connectivity index (χ0) is 13.1. The lowest BCUT2D eigenvalue weighted by Crippen LogP contribution is -2.18. The molecule has 18 heavy (non-hydrogen) atoms. The molecule has 96 valence electrons. The van der Waals surface area contributed by atoms with Crippen LogP contribution in [0.25, 0.3) is 6.08 Å². The predicted molar refractivity (Wildman–Crippen MR) is 73.4 cm³/mol. The third kappa shape index (κ3) is 2.70. The summed E-state index contributed by atoms with van der Waals surface area (Å²) in [5, 5.41) is 10.4. The van der Waals surface area contributed by atoms with Crippen molar-refractivity contribution in [1.82, 2.24) is 0 Å². The van der Waals surface area contributed by atoms with E-state index < -0.39 is 4.92 Å². The molecule has 0 N–H and O–H groups in total. The van der Waals surface area contributed by atoms with Crippen molar-refractivity contribution < 1.29 is 4.92 Å². The second-order valence-electron chi connectivity index (χ2n) is 4.79. The fourth-order valence-corrected chi connectivity index (χ4v) is 2.44. The standard InChI is InChI=1S/C14H18N2O2/c1-11-10-14(15-6-3-4-7-15)12(2)9-13(11)5-8-16(17)18/h5,8-10H,3-4,6-7H2,1-2H3/b8-5+. The van der Waals surface area contributed by atoms with Gasteiger partial charge in [-0.1, -0.05) is 0 Å². The molecule has 1 heterocycles. The summed E-state index contributed by atoms with van der Waals surface area (Å²) < 4.78 is 0. The molecule has 1 aliphatic heterocycles. The Morgan fingerprint density at radius 3 is 2.50 bits per heavy atom. The Hall–Kier alpha value is -1.84. The Labute approximate surface area is 107 Å². The number of rotatable bonds is 3. The first kappa shape index (κ1) is 12.6. The summed E-state index contributed by atoms with van der Waals surface area (Å²) >= 11 is 0. The summed E-state index contributed by atoms with van der Waals surface area (Å²) in [6, 6.07) is 4.17. The minimum Gasteiger partial charge on any atom is -0.371 e. The second-order valence-corrected chi connectivity index (χ2v) is 4.79. The van der Waals surface area contributed by atoms with Gasteiger partial charge in [-0.25, -0.2) is 0 Å². The van der Waals surface area contributed by atoms with Crippen LogP contribution >= 0.6 is 0 Å². The summed E-state index contributed by atoms with van der Waals surface area (Å²) in [5.74, 6) is 0. The molecule has 0 aliphatic carbocycles. The molecule has 0 unspecified atom stereocenters. The largest absolute Gasteiger partial charge is 0.371 e. The zero-order valence-corrected chi connectivity index (χ0v) is 10.8. The van der Waals surface area contributed by atoms with Gasteiger partial charge >= 0.3 is 0 Å². The topological polar surface area (TPSA) is 46.4 Å². The van der Waals surface area contributed by atoms with Gasteiger partial charge in [0.05, 0.1) is 4.92 Å². The molecule has 1 aromatic carbocycles. The Morgan fingerprint density at radius 2 is 1.89 bits per heavy atom. The smallest absolute Gasteiger partial charge is 0.235 e. The second kappa shape index (κ2) is 5.21. The molecule has 1 aliphatic rings. The van der Waals surface area contributed by atoms with Crippen LogP contribution in [0.4, 0.5) is 5.69 Å². The van der Waals surface area contributed by atoms with Gasteiger partial charge in [0.15, 0.2) is 0 Å². The molecule has 0 amide bonds. The molecule has 4 nitrogen and oxygen atoms in total. The van der Waals surface area contributed by atoms with E-state index in [1.165, 1.54) is 24.1 Å². The summed E-state index contributed by atoms with van der Waals surface area (Å²) in [6.45, 7) is 6.30. The van der Waals surface area contributed by atoms with Crippen molar-refractivity contribution in [2.45, 2.75) is 26.7 Å². The Kier molecular flexibility index (Phi) is 3.65. The van der Waals surface area contributed by atoms with Crippen molar-refractivity contribution in [3.8, 4) is 0 Å². The van der Waals surface area contributed by atoms with Gasteiger partial charge in [0, 0.05) is 24.9 Å². The molecular formula is C14H18N2O2. The first-order valence-corrected chi connectivity index (χ1v) is 6.26. The predicted octanol–water partition coefficient (Wildman–Crippen LogP) is 3.15. The van der Waals surface area contributed by atoms with E-state index in [0.717, 1.165) is 30.4 Å². The SMILES string of the molecule is Cc1cc(N2CCCC2)c(C)cc1/C=C/[N+](=O)[O-]. The average Bonchev–Trinajstić information content (AvgIpc) is 2.83. The quantitative estimate of drug-likeness (QED) is 0.608. The number of hydrogen-bond donors (Lipinski definition) is 0. The molecule has 1 saturated heterocycles. The Balaban J connectivity index is 2.31. The lowest BCUT2D eigenvalue weighted by atomic mass is 10.0. The van der Waals surface area contributed by atoms with Gasteiger partial charge in [0.2, 0.25) is 6.20 Å².